The average Bonchev–Trinajstić information content (AvgIpc) is 2.69. The summed E-state index contributed by atoms with van der Waals surface area (Å²) in [6, 6.07) is 0. The van der Waals surface area contributed by atoms with E-state index in [1.54, 1.807) is 19.3 Å². The minimum Gasteiger partial charge on any atom is -0.0463 e. The molecule has 0 aliphatic heterocycles. The summed E-state index contributed by atoms with van der Waals surface area (Å²) >= 11 is 0. The zero-order chi connectivity index (χ0) is 5.59. The van der Waals surface area contributed by atoms with E-state index in [-0.39, 0.29) is 0 Å². The van der Waals surface area contributed by atoms with Gasteiger partial charge in [-0.1, -0.05) is 0 Å². The normalized spacial score (nSPS) is 72.0. The molecule has 0 heteroatoms. The molecule has 0 spiro atoms. The van der Waals surface area contributed by atoms with Gasteiger partial charge >= 0.3 is 0 Å². The van der Waals surface area contributed by atoms with E-state index in [4.69, 9.17) is 0 Å². The molecule has 0 aromatic heterocycles. The first-order valence-corrected chi connectivity index (χ1v) is 4.31. The summed E-state index contributed by atoms with van der Waals surface area (Å²) in [4.78, 5) is 0. The van der Waals surface area contributed by atoms with Crippen molar-refractivity contribution in [1.82, 2.24) is 0 Å². The molecular weight excluding hydrogens is 108 g/mol. The molecule has 9 heavy (non-hydrogen) atoms. The lowest BCUT2D eigenvalue weighted by Gasteiger charge is -2.20. The van der Waals surface area contributed by atoms with Crippen molar-refractivity contribution in [2.75, 3.05) is 0 Å². The van der Waals surface area contributed by atoms with Gasteiger partial charge in [-0.25, -0.2) is 0 Å². The van der Waals surface area contributed by atoms with Gasteiger partial charge in [-0.15, -0.1) is 0 Å². The number of fused-ring (bicyclic) bond motifs is 6. The van der Waals surface area contributed by atoms with Crippen LogP contribution < -0.4 is 0 Å². The second-order valence-electron chi connectivity index (χ2n) is 4.46. The highest BCUT2D eigenvalue weighted by Gasteiger charge is 2.82. The Morgan fingerprint density at radius 3 is 3.00 bits per heavy atom. The molecule has 5 unspecified atom stereocenters. The van der Waals surface area contributed by atoms with Crippen molar-refractivity contribution in [3.63, 3.8) is 0 Å². The largest absolute Gasteiger partial charge is 0.148 e. The van der Waals surface area contributed by atoms with Crippen LogP contribution in [0.15, 0.2) is 0 Å². The summed E-state index contributed by atoms with van der Waals surface area (Å²) in [6.07, 6.45) is 4.78. The molecule has 0 aromatic rings. The van der Waals surface area contributed by atoms with Gasteiger partial charge in [0.25, 0.3) is 0 Å². The first-order chi connectivity index (χ1) is 4.45. The lowest BCUT2D eigenvalue weighted by molar-refractivity contribution is 0.254. The fourth-order valence-electron chi connectivity index (χ4n) is 3.66. The van der Waals surface area contributed by atoms with Gasteiger partial charge in [0.2, 0.25) is 0 Å². The lowest BCUT2D eigenvalue weighted by atomic mass is 9.73. The Balaban J connectivity index is 1.81. The molecule has 4 fully saturated rings. The Kier molecular flexibility index (Phi) is 0.369. The summed E-state index contributed by atoms with van der Waals surface area (Å²) in [5, 5.41) is 0. The first-order valence-electron chi connectivity index (χ1n) is 4.31. The quantitative estimate of drug-likeness (QED) is 0.427. The van der Waals surface area contributed by atoms with Gasteiger partial charge in [-0.05, 0) is 24.7 Å². The standard InChI is InChI=1S/C9H11/c1-4-2-7-6-3-8(6)9(7)5(1)4/h4-5,7-9H,1-3H2/q+1. The van der Waals surface area contributed by atoms with Gasteiger partial charge in [0.05, 0.1) is 5.92 Å². The fraction of sp³-hybridized carbons (Fsp3) is 0.889. The summed E-state index contributed by atoms with van der Waals surface area (Å²) < 4.78 is 0. The summed E-state index contributed by atoms with van der Waals surface area (Å²) in [5.41, 5.74) is 0. The van der Waals surface area contributed by atoms with Gasteiger partial charge in [0.1, 0.15) is 24.2 Å². The Hall–Kier alpha value is -0.130. The van der Waals surface area contributed by atoms with E-state index in [0.717, 1.165) is 0 Å². The molecule has 0 N–H and O–H groups in total. The van der Waals surface area contributed by atoms with Crippen LogP contribution in [0.1, 0.15) is 19.3 Å². The molecule has 4 rings (SSSR count). The maximum absolute atomic E-state index is 1.98. The van der Waals surface area contributed by atoms with Crippen LogP contribution in [0.2, 0.25) is 0 Å². The summed E-state index contributed by atoms with van der Waals surface area (Å²) in [7, 11) is 0. The van der Waals surface area contributed by atoms with Gasteiger partial charge < -0.3 is 0 Å². The molecule has 4 aliphatic carbocycles. The van der Waals surface area contributed by atoms with E-state index in [1.807, 2.05) is 5.92 Å². The van der Waals surface area contributed by atoms with E-state index in [2.05, 4.69) is 0 Å². The van der Waals surface area contributed by atoms with Crippen LogP contribution in [0.25, 0.3) is 0 Å². The van der Waals surface area contributed by atoms with E-state index < -0.39 is 0 Å². The van der Waals surface area contributed by atoms with Crippen molar-refractivity contribution in [2.24, 2.45) is 29.6 Å². The minimum atomic E-state index is 1.18. The molecule has 0 nitrogen and oxygen atoms in total. The second-order valence-corrected chi connectivity index (χ2v) is 4.46. The van der Waals surface area contributed by atoms with Crippen LogP contribution in [-0.2, 0) is 0 Å². The number of hydrogen-bond acceptors (Lipinski definition) is 0. The van der Waals surface area contributed by atoms with Crippen molar-refractivity contribution in [2.45, 2.75) is 19.3 Å². The topological polar surface area (TPSA) is 0 Å². The third-order valence-electron chi connectivity index (χ3n) is 4.21. The Morgan fingerprint density at radius 1 is 1.11 bits per heavy atom. The maximum atomic E-state index is 1.98. The highest BCUT2D eigenvalue weighted by atomic mass is 14.8. The van der Waals surface area contributed by atoms with E-state index in [9.17, 15) is 0 Å². The Labute approximate surface area is 55.6 Å². The molecule has 4 aliphatic rings. The molecule has 0 amide bonds. The second kappa shape index (κ2) is 0.853. The van der Waals surface area contributed by atoms with Crippen molar-refractivity contribution in [1.29, 1.82) is 0 Å². The predicted molar refractivity (Wildman–Crippen MR) is 34.5 cm³/mol. The van der Waals surface area contributed by atoms with E-state index >= 15 is 0 Å². The third kappa shape index (κ3) is 0.267. The van der Waals surface area contributed by atoms with E-state index in [0.29, 0.717) is 0 Å². The van der Waals surface area contributed by atoms with Crippen LogP contribution in [0.5, 0.6) is 0 Å². The van der Waals surface area contributed by atoms with Gasteiger partial charge in [0.15, 0.2) is 0 Å². The highest BCUT2D eigenvalue weighted by molar-refractivity contribution is 5.36. The molecule has 0 aromatic carbocycles. The first kappa shape index (κ1) is 3.90. The highest BCUT2D eigenvalue weighted by Crippen LogP contribution is 2.79. The lowest BCUT2D eigenvalue weighted by Crippen LogP contribution is -2.26. The van der Waals surface area contributed by atoms with Crippen molar-refractivity contribution in [3.8, 4) is 0 Å². The zero-order valence-corrected chi connectivity index (χ0v) is 5.51. The van der Waals surface area contributed by atoms with Crippen molar-refractivity contribution >= 4 is 0 Å². The molecule has 46 valence electrons. The monoisotopic (exact) mass is 119 g/mol. The van der Waals surface area contributed by atoms with Crippen LogP contribution in [0.3, 0.4) is 0 Å². The molecule has 0 bridgehead atoms. The van der Waals surface area contributed by atoms with Gasteiger partial charge in [0, 0.05) is 0 Å². The summed E-state index contributed by atoms with van der Waals surface area (Å²) in [6.45, 7) is 0. The molecule has 0 saturated heterocycles. The average molecular weight is 119 g/mol. The van der Waals surface area contributed by atoms with Crippen molar-refractivity contribution in [3.05, 3.63) is 5.92 Å². The SMILES string of the molecule is C1[C+]2C1C1C2CC2CC21. The zero-order valence-electron chi connectivity index (χ0n) is 5.51. The fourth-order valence-corrected chi connectivity index (χ4v) is 3.66. The van der Waals surface area contributed by atoms with Crippen LogP contribution in [-0.4, -0.2) is 0 Å². The van der Waals surface area contributed by atoms with Crippen molar-refractivity contribution < 1.29 is 0 Å². The molecular formula is C9H11+. The number of hydrogen-bond donors (Lipinski definition) is 0. The molecule has 5 atom stereocenters. The molecule has 4 saturated carbocycles. The van der Waals surface area contributed by atoms with Gasteiger partial charge in [-0.3, -0.25) is 0 Å². The summed E-state index contributed by atoms with van der Waals surface area (Å²) in [5.74, 6) is 8.05. The third-order valence-corrected chi connectivity index (χ3v) is 4.21. The number of rotatable bonds is 0. The van der Waals surface area contributed by atoms with Crippen LogP contribution in [0.4, 0.5) is 0 Å². The minimum absolute atomic E-state index is 1.18. The predicted octanol–water partition coefficient (Wildman–Crippen LogP) is 1.87. The van der Waals surface area contributed by atoms with Crippen LogP contribution in [0, 0.1) is 35.5 Å². The molecule has 0 heterocycles. The Bertz CT molecular complexity index is 184. The maximum Gasteiger partial charge on any atom is 0.148 e. The smallest absolute Gasteiger partial charge is 0.0463 e. The Morgan fingerprint density at radius 2 is 2.11 bits per heavy atom. The van der Waals surface area contributed by atoms with Gasteiger partial charge in [-0.2, -0.15) is 0 Å². The van der Waals surface area contributed by atoms with Crippen LogP contribution >= 0.6 is 0 Å². The molecule has 0 radical (unpaired) electrons. The van der Waals surface area contributed by atoms with E-state index in [1.165, 1.54) is 29.6 Å².